The molecule has 0 saturated heterocycles. The largest absolute Gasteiger partial charge is 0.478 e. The van der Waals surface area contributed by atoms with Gasteiger partial charge in [-0.3, -0.25) is 4.79 Å². The highest BCUT2D eigenvalue weighted by molar-refractivity contribution is 5.91. The van der Waals surface area contributed by atoms with Gasteiger partial charge in [-0.15, -0.1) is 0 Å². The average molecular weight is 196 g/mol. The molecule has 4 heteroatoms. The van der Waals surface area contributed by atoms with E-state index in [1.165, 1.54) is 25.2 Å². The molecule has 0 aliphatic rings. The van der Waals surface area contributed by atoms with Crippen LogP contribution < -0.4 is 0 Å². The Labute approximate surface area is 82.2 Å². The molecule has 0 spiro atoms. The first-order chi connectivity index (χ1) is 6.52. The highest BCUT2D eigenvalue weighted by Crippen LogP contribution is 2.12. The van der Waals surface area contributed by atoms with Gasteiger partial charge in [-0.2, -0.15) is 0 Å². The smallest absolute Gasteiger partial charge is 0.339 e. The lowest BCUT2D eigenvalue weighted by Crippen LogP contribution is -2.08. The zero-order chi connectivity index (χ0) is 11.1. The van der Waals surface area contributed by atoms with Crippen LogP contribution >= 0.6 is 0 Å². The first-order valence-corrected chi connectivity index (χ1v) is 3.94. The van der Waals surface area contributed by atoms with Crippen LogP contribution in [-0.2, 0) is 14.3 Å². The number of ether oxygens (including phenoxy) is 1. The standard InChI is InChI=1S/C10H12O4/c1-4-6-9(14-7(3)11)8(5-2)10(12)13/h4-6H,1H2,2-3H3,(H,12,13)/b8-5+,9-6+. The van der Waals surface area contributed by atoms with Gasteiger partial charge in [0.25, 0.3) is 0 Å². The van der Waals surface area contributed by atoms with Gasteiger partial charge in [-0.1, -0.05) is 18.7 Å². The molecule has 1 N–H and O–H groups in total. The predicted molar refractivity (Wildman–Crippen MR) is 51.4 cm³/mol. The van der Waals surface area contributed by atoms with Gasteiger partial charge >= 0.3 is 11.9 Å². The van der Waals surface area contributed by atoms with Crippen LogP contribution in [0.5, 0.6) is 0 Å². The van der Waals surface area contributed by atoms with Crippen molar-refractivity contribution in [3.8, 4) is 0 Å². The van der Waals surface area contributed by atoms with Crippen molar-refractivity contribution < 1.29 is 19.4 Å². The molecule has 0 atom stereocenters. The lowest BCUT2D eigenvalue weighted by atomic mass is 10.2. The molecule has 0 rings (SSSR count). The quantitative estimate of drug-likeness (QED) is 0.321. The summed E-state index contributed by atoms with van der Waals surface area (Å²) in [5.41, 5.74) is -0.0694. The Morgan fingerprint density at radius 1 is 1.43 bits per heavy atom. The van der Waals surface area contributed by atoms with Gasteiger partial charge in [-0.05, 0) is 13.0 Å². The van der Waals surface area contributed by atoms with Crippen molar-refractivity contribution in [2.45, 2.75) is 13.8 Å². The number of rotatable bonds is 4. The number of esters is 1. The number of carboxylic acids is 1. The number of hydrogen-bond acceptors (Lipinski definition) is 3. The van der Waals surface area contributed by atoms with E-state index in [9.17, 15) is 9.59 Å². The van der Waals surface area contributed by atoms with E-state index in [0.29, 0.717) is 0 Å². The van der Waals surface area contributed by atoms with Gasteiger partial charge in [0.15, 0.2) is 0 Å². The van der Waals surface area contributed by atoms with E-state index in [0.717, 1.165) is 0 Å². The Kier molecular flexibility index (Phi) is 4.99. The van der Waals surface area contributed by atoms with E-state index in [-0.39, 0.29) is 11.3 Å². The minimum Gasteiger partial charge on any atom is -0.478 e. The molecule has 0 aromatic rings. The topological polar surface area (TPSA) is 63.6 Å². The van der Waals surface area contributed by atoms with Crippen LogP contribution in [0.15, 0.2) is 36.1 Å². The van der Waals surface area contributed by atoms with E-state index in [4.69, 9.17) is 9.84 Å². The summed E-state index contributed by atoms with van der Waals surface area (Å²) in [7, 11) is 0. The summed E-state index contributed by atoms with van der Waals surface area (Å²) in [6.45, 7) is 6.14. The van der Waals surface area contributed by atoms with Crippen LogP contribution in [-0.4, -0.2) is 17.0 Å². The molecule has 0 aromatic carbocycles. The molecule has 0 aliphatic carbocycles. The minimum absolute atomic E-state index is 0.0116. The lowest BCUT2D eigenvalue weighted by molar-refractivity contribution is -0.137. The second-order valence-corrected chi connectivity index (χ2v) is 2.37. The van der Waals surface area contributed by atoms with Crippen molar-refractivity contribution in [3.05, 3.63) is 36.1 Å². The summed E-state index contributed by atoms with van der Waals surface area (Å²) < 4.78 is 4.71. The third kappa shape index (κ3) is 3.71. The highest BCUT2D eigenvalue weighted by atomic mass is 16.5. The van der Waals surface area contributed by atoms with Crippen LogP contribution in [0.4, 0.5) is 0 Å². The van der Waals surface area contributed by atoms with Crippen molar-refractivity contribution in [2.24, 2.45) is 0 Å². The molecule has 0 bridgehead atoms. The van der Waals surface area contributed by atoms with E-state index in [1.54, 1.807) is 6.92 Å². The number of carboxylic acid groups (broad SMARTS) is 1. The van der Waals surface area contributed by atoms with Crippen molar-refractivity contribution in [2.75, 3.05) is 0 Å². The molecule has 0 unspecified atom stereocenters. The summed E-state index contributed by atoms with van der Waals surface area (Å²) in [5.74, 6) is -1.73. The van der Waals surface area contributed by atoms with Gasteiger partial charge in [0.2, 0.25) is 0 Å². The molecule has 0 saturated carbocycles. The summed E-state index contributed by atoms with van der Waals surface area (Å²) in [5, 5.41) is 8.75. The SMILES string of the molecule is C=C/C=C(OC(C)=O)\C(=C/C)C(=O)O. The third-order valence-electron chi connectivity index (χ3n) is 1.31. The number of carbonyl (C=O) groups excluding carboxylic acids is 1. The van der Waals surface area contributed by atoms with Gasteiger partial charge in [-0.25, -0.2) is 4.79 Å². The Morgan fingerprint density at radius 2 is 2.00 bits per heavy atom. The van der Waals surface area contributed by atoms with Gasteiger partial charge in [0, 0.05) is 6.92 Å². The maximum atomic E-state index is 10.7. The summed E-state index contributed by atoms with van der Waals surface area (Å²) in [4.78, 5) is 21.3. The fraction of sp³-hybridized carbons (Fsp3) is 0.200. The first kappa shape index (κ1) is 12.2. The molecule has 0 aromatic heterocycles. The van der Waals surface area contributed by atoms with Crippen LogP contribution in [0.25, 0.3) is 0 Å². The maximum absolute atomic E-state index is 10.7. The van der Waals surface area contributed by atoms with E-state index in [2.05, 4.69) is 6.58 Å². The maximum Gasteiger partial charge on any atom is 0.339 e. The van der Waals surface area contributed by atoms with E-state index in [1.807, 2.05) is 0 Å². The van der Waals surface area contributed by atoms with Crippen LogP contribution in [0.3, 0.4) is 0 Å². The van der Waals surface area contributed by atoms with Gasteiger partial charge < -0.3 is 9.84 Å². The molecular weight excluding hydrogens is 184 g/mol. The molecule has 0 amide bonds. The second kappa shape index (κ2) is 5.75. The molecule has 0 heterocycles. The normalized spacial score (nSPS) is 12.1. The monoisotopic (exact) mass is 196 g/mol. The zero-order valence-electron chi connectivity index (χ0n) is 8.11. The Bertz CT molecular complexity index is 310. The summed E-state index contributed by atoms with van der Waals surface area (Å²) >= 11 is 0. The Hall–Kier alpha value is -1.84. The van der Waals surface area contributed by atoms with Crippen LogP contribution in [0, 0.1) is 0 Å². The molecule has 76 valence electrons. The van der Waals surface area contributed by atoms with Crippen LogP contribution in [0.2, 0.25) is 0 Å². The fourth-order valence-electron chi connectivity index (χ4n) is 0.812. The van der Waals surface area contributed by atoms with E-state index < -0.39 is 11.9 Å². The molecular formula is C10H12O4. The number of hydrogen-bond donors (Lipinski definition) is 1. The third-order valence-corrected chi connectivity index (χ3v) is 1.31. The minimum atomic E-state index is -1.15. The molecule has 0 fully saturated rings. The van der Waals surface area contributed by atoms with Crippen molar-refractivity contribution in [1.29, 1.82) is 0 Å². The predicted octanol–water partition coefficient (Wildman–Crippen LogP) is 1.65. The number of carbonyl (C=O) groups is 2. The summed E-state index contributed by atoms with van der Waals surface area (Å²) in [6.07, 6.45) is 4.02. The average Bonchev–Trinajstić information content (AvgIpc) is 2.03. The van der Waals surface area contributed by atoms with Gasteiger partial charge in [0.05, 0.1) is 5.57 Å². The zero-order valence-corrected chi connectivity index (χ0v) is 8.11. The van der Waals surface area contributed by atoms with E-state index >= 15 is 0 Å². The van der Waals surface area contributed by atoms with Crippen LogP contribution in [0.1, 0.15) is 13.8 Å². The lowest BCUT2D eigenvalue weighted by Gasteiger charge is -2.06. The van der Waals surface area contributed by atoms with Crippen molar-refractivity contribution in [3.63, 3.8) is 0 Å². The van der Waals surface area contributed by atoms with Gasteiger partial charge in [0.1, 0.15) is 5.76 Å². The summed E-state index contributed by atoms with van der Waals surface area (Å²) in [6, 6.07) is 0. The Balaban J connectivity index is 5.00. The van der Waals surface area contributed by atoms with Crippen molar-refractivity contribution >= 4 is 11.9 Å². The number of aliphatic carboxylic acids is 1. The Morgan fingerprint density at radius 3 is 2.29 bits per heavy atom. The first-order valence-electron chi connectivity index (χ1n) is 3.94. The molecule has 0 radical (unpaired) electrons. The molecule has 4 nitrogen and oxygen atoms in total. The fourth-order valence-corrected chi connectivity index (χ4v) is 0.812. The second-order valence-electron chi connectivity index (χ2n) is 2.37. The highest BCUT2D eigenvalue weighted by Gasteiger charge is 2.14. The number of allylic oxidation sites excluding steroid dienone is 3. The molecule has 14 heavy (non-hydrogen) atoms. The van der Waals surface area contributed by atoms with Crippen molar-refractivity contribution in [1.82, 2.24) is 0 Å². The molecule has 0 aliphatic heterocycles.